The van der Waals surface area contributed by atoms with E-state index in [0.717, 1.165) is 4.31 Å². The van der Waals surface area contributed by atoms with Crippen molar-refractivity contribution in [3.05, 3.63) is 81.7 Å². The van der Waals surface area contributed by atoms with E-state index < -0.39 is 28.9 Å². The predicted molar refractivity (Wildman–Crippen MR) is 133 cm³/mol. The smallest absolute Gasteiger partial charge is 0.406 e. The molecule has 1 aromatic carbocycles. The summed E-state index contributed by atoms with van der Waals surface area (Å²) in [5, 5.41) is 0. The molecule has 2 aromatic heterocycles. The Kier molecular flexibility index (Phi) is 7.41. The van der Waals surface area contributed by atoms with Crippen LogP contribution in [-0.2, 0) is 23.6 Å². The zero-order valence-electron chi connectivity index (χ0n) is 19.6. The van der Waals surface area contributed by atoms with Gasteiger partial charge in [-0.15, -0.1) is 0 Å². The SMILES string of the molecule is CCOP(=O)(CC=CCN1c2c(oc(=O)n(-c3ccccn3)c2=O)-c2ccccc2S1(=O)=O)OCC. The van der Waals surface area contributed by atoms with Crippen LogP contribution in [0.4, 0.5) is 5.69 Å². The molecule has 3 heterocycles. The molecule has 0 aliphatic carbocycles. The summed E-state index contributed by atoms with van der Waals surface area (Å²) in [6, 6.07) is 10.6. The molecule has 0 fully saturated rings. The quantitative estimate of drug-likeness (QED) is 0.300. The van der Waals surface area contributed by atoms with Crippen LogP contribution in [0.3, 0.4) is 0 Å². The van der Waals surface area contributed by atoms with Crippen molar-refractivity contribution in [2.75, 3.05) is 30.2 Å². The van der Waals surface area contributed by atoms with Crippen LogP contribution in [0.2, 0.25) is 0 Å². The van der Waals surface area contributed by atoms with E-state index in [1.54, 1.807) is 32.0 Å². The molecule has 3 aromatic rings. The first-order chi connectivity index (χ1) is 17.2. The third-order valence-electron chi connectivity index (χ3n) is 5.24. The fourth-order valence-electron chi connectivity index (χ4n) is 3.77. The maximum atomic E-state index is 13.6. The minimum absolute atomic E-state index is 0.0137. The van der Waals surface area contributed by atoms with Crippen LogP contribution >= 0.6 is 7.60 Å². The monoisotopic (exact) mass is 533 g/mol. The lowest BCUT2D eigenvalue weighted by Gasteiger charge is -2.29. The highest BCUT2D eigenvalue weighted by Gasteiger charge is 2.39. The highest BCUT2D eigenvalue weighted by molar-refractivity contribution is 7.93. The predicted octanol–water partition coefficient (Wildman–Crippen LogP) is 3.18. The number of pyridine rings is 1. The van der Waals surface area contributed by atoms with Gasteiger partial charge in [-0.25, -0.2) is 18.2 Å². The van der Waals surface area contributed by atoms with E-state index in [4.69, 9.17) is 13.5 Å². The molecule has 1 aliphatic rings. The van der Waals surface area contributed by atoms with E-state index in [0.29, 0.717) is 4.57 Å². The Labute approximate surface area is 207 Å². The molecule has 11 nitrogen and oxygen atoms in total. The van der Waals surface area contributed by atoms with Crippen LogP contribution in [-0.4, -0.2) is 43.9 Å². The van der Waals surface area contributed by atoms with Gasteiger partial charge in [0.25, 0.3) is 15.6 Å². The van der Waals surface area contributed by atoms with Gasteiger partial charge in [-0.2, -0.15) is 4.57 Å². The highest BCUT2D eigenvalue weighted by Crippen LogP contribution is 2.48. The normalized spacial score (nSPS) is 14.6. The minimum Gasteiger partial charge on any atom is -0.406 e. The summed E-state index contributed by atoms with van der Waals surface area (Å²) in [6.45, 7) is 3.44. The molecule has 0 bridgehead atoms. The van der Waals surface area contributed by atoms with Crippen molar-refractivity contribution in [1.82, 2.24) is 9.55 Å². The fourth-order valence-corrected chi connectivity index (χ4v) is 6.86. The van der Waals surface area contributed by atoms with E-state index in [9.17, 15) is 22.6 Å². The molecule has 1 aliphatic heterocycles. The number of fused-ring (bicyclic) bond motifs is 3. The lowest BCUT2D eigenvalue weighted by Crippen LogP contribution is -2.43. The van der Waals surface area contributed by atoms with Gasteiger partial charge in [-0.05, 0) is 38.1 Å². The van der Waals surface area contributed by atoms with Gasteiger partial charge in [0.2, 0.25) is 0 Å². The second-order valence-electron chi connectivity index (χ2n) is 7.51. The lowest BCUT2D eigenvalue weighted by atomic mass is 10.1. The zero-order chi connectivity index (χ0) is 25.9. The Morgan fingerprint density at radius 3 is 2.39 bits per heavy atom. The largest absolute Gasteiger partial charge is 0.428 e. The lowest BCUT2D eigenvalue weighted by molar-refractivity contribution is 0.222. The first-order valence-electron chi connectivity index (χ1n) is 11.1. The Morgan fingerprint density at radius 1 is 1.03 bits per heavy atom. The summed E-state index contributed by atoms with van der Waals surface area (Å²) in [7, 11) is -7.61. The van der Waals surface area contributed by atoms with E-state index in [-0.39, 0.29) is 53.6 Å². The summed E-state index contributed by atoms with van der Waals surface area (Å²) in [5.74, 6) is -1.18. The Bertz CT molecular complexity index is 1550. The van der Waals surface area contributed by atoms with Crippen LogP contribution in [0.5, 0.6) is 0 Å². The van der Waals surface area contributed by atoms with Crippen LogP contribution in [0, 0.1) is 0 Å². The number of aromatic nitrogens is 2. The van der Waals surface area contributed by atoms with Crippen molar-refractivity contribution >= 4 is 23.3 Å². The summed E-state index contributed by atoms with van der Waals surface area (Å²) >= 11 is 0. The maximum Gasteiger partial charge on any atom is 0.428 e. The van der Waals surface area contributed by atoms with Gasteiger partial charge in [0, 0.05) is 11.8 Å². The van der Waals surface area contributed by atoms with Crippen molar-refractivity contribution in [2.24, 2.45) is 0 Å². The van der Waals surface area contributed by atoms with E-state index in [2.05, 4.69) is 4.98 Å². The van der Waals surface area contributed by atoms with Gasteiger partial charge < -0.3 is 13.5 Å². The number of allylic oxidation sites excluding steroid dienone is 1. The summed E-state index contributed by atoms with van der Waals surface area (Å²) in [6.07, 6.45) is 4.21. The molecule has 190 valence electrons. The zero-order valence-corrected chi connectivity index (χ0v) is 21.3. The van der Waals surface area contributed by atoms with Gasteiger partial charge in [0.15, 0.2) is 11.4 Å². The summed E-state index contributed by atoms with van der Waals surface area (Å²) < 4.78 is 57.3. The molecule has 0 N–H and O–H groups in total. The van der Waals surface area contributed by atoms with Crippen molar-refractivity contribution in [3.63, 3.8) is 0 Å². The van der Waals surface area contributed by atoms with Gasteiger partial charge in [-0.3, -0.25) is 13.7 Å². The Hall–Kier alpha value is -3.31. The third kappa shape index (κ3) is 4.72. The van der Waals surface area contributed by atoms with E-state index in [1.165, 1.54) is 42.6 Å². The van der Waals surface area contributed by atoms with Gasteiger partial charge >= 0.3 is 13.4 Å². The van der Waals surface area contributed by atoms with Crippen LogP contribution < -0.4 is 15.6 Å². The second-order valence-corrected chi connectivity index (χ2v) is 11.4. The van der Waals surface area contributed by atoms with Gasteiger partial charge in [-0.1, -0.05) is 30.4 Å². The molecule has 0 radical (unpaired) electrons. The fraction of sp³-hybridized carbons (Fsp3) is 0.261. The van der Waals surface area contributed by atoms with Crippen molar-refractivity contribution < 1.29 is 26.4 Å². The highest BCUT2D eigenvalue weighted by atomic mass is 32.2. The number of rotatable bonds is 9. The van der Waals surface area contributed by atoms with E-state index >= 15 is 0 Å². The number of sulfonamides is 1. The molecule has 0 saturated heterocycles. The number of nitrogens with zero attached hydrogens (tertiary/aromatic N) is 3. The molecule has 0 amide bonds. The molecule has 0 unspecified atom stereocenters. The Morgan fingerprint density at radius 2 is 1.72 bits per heavy atom. The van der Waals surface area contributed by atoms with Crippen LogP contribution in [0.15, 0.2) is 79.7 Å². The third-order valence-corrected chi connectivity index (χ3v) is 9.02. The number of benzene rings is 1. The number of anilines is 1. The Balaban J connectivity index is 1.83. The minimum atomic E-state index is -4.21. The number of hydrogen-bond acceptors (Lipinski definition) is 9. The topological polar surface area (TPSA) is 138 Å². The van der Waals surface area contributed by atoms with Crippen LogP contribution in [0.25, 0.3) is 17.1 Å². The standard InChI is InChI=1S/C23H24N3O8PS/c1-3-32-35(29,33-4-2)16-10-9-15-25-20-21(17-11-5-6-12-18(17)36(25,30)31)34-23(28)26(22(20)27)19-13-7-8-14-24-19/h5-14H,3-4,15-16H2,1-2H3. The maximum absolute atomic E-state index is 13.6. The van der Waals surface area contributed by atoms with Gasteiger partial charge in [0.1, 0.15) is 5.82 Å². The van der Waals surface area contributed by atoms with Crippen LogP contribution in [0.1, 0.15) is 13.8 Å². The molecule has 13 heteroatoms. The summed E-state index contributed by atoms with van der Waals surface area (Å²) in [4.78, 5) is 30.3. The van der Waals surface area contributed by atoms with E-state index in [1.807, 2.05) is 0 Å². The molecule has 0 spiro atoms. The van der Waals surface area contributed by atoms with Crippen molar-refractivity contribution in [3.8, 4) is 17.1 Å². The van der Waals surface area contributed by atoms with Crippen molar-refractivity contribution in [1.29, 1.82) is 0 Å². The van der Waals surface area contributed by atoms with Gasteiger partial charge in [0.05, 0.1) is 30.8 Å². The summed E-state index contributed by atoms with van der Waals surface area (Å²) in [5.41, 5.74) is -1.13. The molecular weight excluding hydrogens is 509 g/mol. The van der Waals surface area contributed by atoms with Crippen molar-refractivity contribution in [2.45, 2.75) is 18.7 Å². The second kappa shape index (κ2) is 10.4. The average Bonchev–Trinajstić information content (AvgIpc) is 2.85. The molecule has 0 atom stereocenters. The number of hydrogen-bond donors (Lipinski definition) is 0. The molecular formula is C23H24N3O8PS. The molecule has 4 rings (SSSR count). The first-order valence-corrected chi connectivity index (χ1v) is 14.3. The average molecular weight is 533 g/mol. The molecule has 0 saturated carbocycles. The first kappa shape index (κ1) is 25.8. The molecule has 36 heavy (non-hydrogen) atoms.